The predicted molar refractivity (Wildman–Crippen MR) is 64.6 cm³/mol. The lowest BCUT2D eigenvalue weighted by atomic mass is 9.83. The molecular formula is C12H16ClNO2. The molecule has 0 aliphatic carbocycles. The number of carbonyl (C=O) groups is 1. The average Bonchev–Trinajstić information content (AvgIpc) is 2.26. The molecule has 88 valence electrons. The number of aliphatic hydroxyl groups is 1. The highest BCUT2D eigenvalue weighted by molar-refractivity contribution is 6.31. The summed E-state index contributed by atoms with van der Waals surface area (Å²) in [7, 11) is 0. The van der Waals surface area contributed by atoms with Gasteiger partial charge in [-0.05, 0) is 25.5 Å². The summed E-state index contributed by atoms with van der Waals surface area (Å²) >= 11 is 6.06. The summed E-state index contributed by atoms with van der Waals surface area (Å²) in [6, 6.07) is 7.27. The molecule has 0 saturated heterocycles. The molecule has 0 aliphatic rings. The van der Waals surface area contributed by atoms with E-state index in [0.29, 0.717) is 5.02 Å². The van der Waals surface area contributed by atoms with Crippen molar-refractivity contribution >= 4 is 17.5 Å². The summed E-state index contributed by atoms with van der Waals surface area (Å²) in [5.41, 5.74) is 0.0835. The zero-order chi connectivity index (χ0) is 12.2. The van der Waals surface area contributed by atoms with Gasteiger partial charge >= 0.3 is 0 Å². The topological polar surface area (TPSA) is 49.3 Å². The third-order valence-corrected chi connectivity index (χ3v) is 2.84. The summed E-state index contributed by atoms with van der Waals surface area (Å²) in [6.07, 6.45) is 0. The van der Waals surface area contributed by atoms with Gasteiger partial charge in [0.2, 0.25) is 5.91 Å². The van der Waals surface area contributed by atoms with Gasteiger partial charge in [-0.2, -0.15) is 0 Å². The molecule has 0 unspecified atom stereocenters. The number of aliphatic hydroxyl groups excluding tert-OH is 1. The first-order valence-corrected chi connectivity index (χ1v) is 5.52. The highest BCUT2D eigenvalue weighted by Crippen LogP contribution is 2.29. The van der Waals surface area contributed by atoms with Gasteiger partial charge in [0.1, 0.15) is 0 Å². The number of rotatable bonds is 4. The predicted octanol–water partition coefficient (Wildman–Crippen LogP) is 1.73. The van der Waals surface area contributed by atoms with Crippen LogP contribution in [0.2, 0.25) is 5.02 Å². The Hall–Kier alpha value is -1.06. The molecule has 1 rings (SSSR count). The monoisotopic (exact) mass is 241 g/mol. The molecule has 0 aliphatic heterocycles. The zero-order valence-corrected chi connectivity index (χ0v) is 10.2. The SMILES string of the molecule is CC(C)(C(=O)NCCO)c1ccccc1Cl. The quantitative estimate of drug-likeness (QED) is 0.844. The first-order chi connectivity index (χ1) is 7.50. The minimum atomic E-state index is -0.701. The van der Waals surface area contributed by atoms with Gasteiger partial charge in [0.05, 0.1) is 12.0 Å². The van der Waals surface area contributed by atoms with E-state index in [2.05, 4.69) is 5.32 Å². The van der Waals surface area contributed by atoms with E-state index in [9.17, 15) is 4.79 Å². The number of hydrogen-bond donors (Lipinski definition) is 2. The van der Waals surface area contributed by atoms with Crippen LogP contribution in [0.25, 0.3) is 0 Å². The van der Waals surface area contributed by atoms with Crippen LogP contribution >= 0.6 is 11.6 Å². The van der Waals surface area contributed by atoms with E-state index in [-0.39, 0.29) is 19.1 Å². The Morgan fingerprint density at radius 1 is 1.44 bits per heavy atom. The number of amides is 1. The van der Waals surface area contributed by atoms with Crippen molar-refractivity contribution in [2.45, 2.75) is 19.3 Å². The van der Waals surface area contributed by atoms with E-state index in [1.54, 1.807) is 19.9 Å². The smallest absolute Gasteiger partial charge is 0.230 e. The fourth-order valence-electron chi connectivity index (χ4n) is 1.48. The maximum absolute atomic E-state index is 11.9. The molecule has 1 aromatic rings. The van der Waals surface area contributed by atoms with Gasteiger partial charge in [-0.15, -0.1) is 0 Å². The lowest BCUT2D eigenvalue weighted by Gasteiger charge is -2.25. The van der Waals surface area contributed by atoms with Gasteiger partial charge in [-0.25, -0.2) is 0 Å². The van der Waals surface area contributed by atoms with Crippen molar-refractivity contribution in [3.63, 3.8) is 0 Å². The normalized spacial score (nSPS) is 11.2. The number of benzene rings is 1. The summed E-state index contributed by atoms with van der Waals surface area (Å²) < 4.78 is 0. The molecule has 0 radical (unpaired) electrons. The maximum atomic E-state index is 11.9. The first kappa shape index (κ1) is 13.0. The number of hydrogen-bond acceptors (Lipinski definition) is 2. The highest BCUT2D eigenvalue weighted by atomic mass is 35.5. The van der Waals surface area contributed by atoms with E-state index < -0.39 is 5.41 Å². The molecule has 0 fully saturated rings. The highest BCUT2D eigenvalue weighted by Gasteiger charge is 2.31. The second-order valence-corrected chi connectivity index (χ2v) is 4.49. The van der Waals surface area contributed by atoms with Crippen LogP contribution in [0, 0.1) is 0 Å². The Morgan fingerprint density at radius 2 is 2.06 bits per heavy atom. The molecular weight excluding hydrogens is 226 g/mol. The fraction of sp³-hybridized carbons (Fsp3) is 0.417. The second-order valence-electron chi connectivity index (χ2n) is 4.08. The first-order valence-electron chi connectivity index (χ1n) is 5.14. The Balaban J connectivity index is 2.93. The lowest BCUT2D eigenvalue weighted by Crippen LogP contribution is -2.41. The standard InChI is InChI=1S/C12H16ClNO2/c1-12(2,11(16)14-7-8-15)9-5-3-4-6-10(9)13/h3-6,15H,7-8H2,1-2H3,(H,14,16). The minimum absolute atomic E-state index is 0.0651. The molecule has 0 heterocycles. The number of carbonyl (C=O) groups excluding carboxylic acids is 1. The van der Waals surface area contributed by atoms with Crippen LogP contribution in [-0.4, -0.2) is 24.2 Å². The average molecular weight is 242 g/mol. The van der Waals surface area contributed by atoms with E-state index in [1.165, 1.54) is 0 Å². The lowest BCUT2D eigenvalue weighted by molar-refractivity contribution is -0.125. The zero-order valence-electron chi connectivity index (χ0n) is 9.46. The van der Waals surface area contributed by atoms with Crippen molar-refractivity contribution in [2.24, 2.45) is 0 Å². The van der Waals surface area contributed by atoms with Crippen LogP contribution in [0.1, 0.15) is 19.4 Å². The third-order valence-electron chi connectivity index (χ3n) is 2.51. The van der Waals surface area contributed by atoms with Crippen LogP contribution in [0.3, 0.4) is 0 Å². The second kappa shape index (κ2) is 5.32. The van der Waals surface area contributed by atoms with Gasteiger partial charge in [0, 0.05) is 11.6 Å². The molecule has 0 atom stereocenters. The van der Waals surface area contributed by atoms with Crippen LogP contribution in [0.5, 0.6) is 0 Å². The van der Waals surface area contributed by atoms with Gasteiger partial charge in [-0.3, -0.25) is 4.79 Å². The molecule has 3 nitrogen and oxygen atoms in total. The van der Waals surface area contributed by atoms with Gasteiger partial charge in [-0.1, -0.05) is 29.8 Å². The van der Waals surface area contributed by atoms with Crippen molar-refractivity contribution in [3.05, 3.63) is 34.9 Å². The molecule has 16 heavy (non-hydrogen) atoms. The van der Waals surface area contributed by atoms with Crippen molar-refractivity contribution in [3.8, 4) is 0 Å². The molecule has 4 heteroatoms. The number of nitrogens with one attached hydrogen (secondary N) is 1. The van der Waals surface area contributed by atoms with E-state index in [1.807, 2.05) is 18.2 Å². The van der Waals surface area contributed by atoms with Gasteiger partial charge < -0.3 is 10.4 Å². The fourth-order valence-corrected chi connectivity index (χ4v) is 1.85. The molecule has 1 aromatic carbocycles. The van der Waals surface area contributed by atoms with E-state index in [4.69, 9.17) is 16.7 Å². The molecule has 0 aromatic heterocycles. The maximum Gasteiger partial charge on any atom is 0.230 e. The summed E-state index contributed by atoms with van der Waals surface area (Å²) in [5, 5.41) is 11.9. The van der Waals surface area contributed by atoms with Crippen LogP contribution in [0.4, 0.5) is 0 Å². The molecule has 0 bridgehead atoms. The summed E-state index contributed by atoms with van der Waals surface area (Å²) in [6.45, 7) is 3.80. The Labute approximate surface area is 100 Å². The summed E-state index contributed by atoms with van der Waals surface area (Å²) in [5.74, 6) is -0.144. The van der Waals surface area contributed by atoms with Crippen LogP contribution < -0.4 is 5.32 Å². The van der Waals surface area contributed by atoms with Crippen molar-refractivity contribution in [1.29, 1.82) is 0 Å². The molecule has 2 N–H and O–H groups in total. The van der Waals surface area contributed by atoms with Crippen molar-refractivity contribution < 1.29 is 9.90 Å². The van der Waals surface area contributed by atoms with E-state index >= 15 is 0 Å². The van der Waals surface area contributed by atoms with Gasteiger partial charge in [0.25, 0.3) is 0 Å². The van der Waals surface area contributed by atoms with Gasteiger partial charge in [0.15, 0.2) is 0 Å². The third kappa shape index (κ3) is 2.74. The van der Waals surface area contributed by atoms with Crippen molar-refractivity contribution in [1.82, 2.24) is 5.32 Å². The minimum Gasteiger partial charge on any atom is -0.395 e. The Morgan fingerprint density at radius 3 is 2.62 bits per heavy atom. The number of halogens is 1. The van der Waals surface area contributed by atoms with Crippen LogP contribution in [0.15, 0.2) is 24.3 Å². The van der Waals surface area contributed by atoms with Crippen LogP contribution in [-0.2, 0) is 10.2 Å². The summed E-state index contributed by atoms with van der Waals surface area (Å²) in [4.78, 5) is 11.9. The molecule has 0 spiro atoms. The van der Waals surface area contributed by atoms with Crippen molar-refractivity contribution in [2.75, 3.05) is 13.2 Å². The molecule has 0 saturated carbocycles. The molecule has 1 amide bonds. The Kier molecular flexibility index (Phi) is 4.33. The largest absolute Gasteiger partial charge is 0.395 e. The Bertz CT molecular complexity index is 377. The van der Waals surface area contributed by atoms with E-state index in [0.717, 1.165) is 5.56 Å².